The summed E-state index contributed by atoms with van der Waals surface area (Å²) < 4.78 is 0. The summed E-state index contributed by atoms with van der Waals surface area (Å²) in [7, 11) is 0. The molecule has 0 unspecified atom stereocenters. The zero-order valence-corrected chi connectivity index (χ0v) is 12.3. The van der Waals surface area contributed by atoms with E-state index in [-0.39, 0.29) is 11.0 Å². The average Bonchev–Trinajstić information content (AvgIpc) is 2.14. The van der Waals surface area contributed by atoms with E-state index in [1.807, 2.05) is 4.90 Å². The van der Waals surface area contributed by atoms with Gasteiger partial charge < -0.3 is 4.90 Å². The molecule has 3 heteroatoms. The van der Waals surface area contributed by atoms with Crippen molar-refractivity contribution in [1.82, 2.24) is 9.80 Å². The number of rotatable bonds is 1. The topological polar surface area (TPSA) is 23.6 Å². The third kappa shape index (κ3) is 4.66. The highest BCUT2D eigenvalue weighted by molar-refractivity contribution is 5.76. The lowest BCUT2D eigenvalue weighted by atomic mass is 9.91. The van der Waals surface area contributed by atoms with Crippen LogP contribution in [0.2, 0.25) is 0 Å². The zero-order valence-electron chi connectivity index (χ0n) is 12.3. The van der Waals surface area contributed by atoms with E-state index in [1.54, 1.807) is 0 Å². The number of carbonyl (C=O) groups excluding carboxylic acids is 1. The molecule has 1 heterocycles. The van der Waals surface area contributed by atoms with Crippen LogP contribution >= 0.6 is 0 Å². The van der Waals surface area contributed by atoms with Crippen molar-refractivity contribution in [3.05, 3.63) is 0 Å². The second-order valence-electron chi connectivity index (χ2n) is 7.28. The first-order valence-corrected chi connectivity index (χ1v) is 6.62. The molecule has 0 aromatic heterocycles. The number of amides is 1. The molecule has 0 saturated carbocycles. The second-order valence-corrected chi connectivity index (χ2v) is 7.28. The summed E-state index contributed by atoms with van der Waals surface area (Å²) in [5.41, 5.74) is 0.317. The monoisotopic (exact) mass is 240 g/mol. The van der Waals surface area contributed by atoms with Gasteiger partial charge in [-0.25, -0.2) is 0 Å². The van der Waals surface area contributed by atoms with E-state index in [0.717, 1.165) is 26.2 Å². The van der Waals surface area contributed by atoms with Crippen molar-refractivity contribution in [2.75, 3.05) is 26.2 Å². The van der Waals surface area contributed by atoms with Crippen LogP contribution in [0.1, 0.15) is 48.0 Å². The van der Waals surface area contributed by atoms with Gasteiger partial charge in [0.15, 0.2) is 0 Å². The first kappa shape index (κ1) is 14.5. The molecule has 0 aliphatic carbocycles. The molecule has 3 nitrogen and oxygen atoms in total. The Morgan fingerprint density at radius 2 is 1.41 bits per heavy atom. The molecular formula is C14H28N2O. The predicted octanol–water partition coefficient (Wildman–Crippen LogP) is 2.37. The largest absolute Gasteiger partial charge is 0.340 e. The smallest absolute Gasteiger partial charge is 0.223 e. The Bertz CT molecular complexity index is 265. The van der Waals surface area contributed by atoms with Crippen LogP contribution in [0.15, 0.2) is 0 Å². The molecule has 100 valence electrons. The van der Waals surface area contributed by atoms with Gasteiger partial charge in [0.05, 0.1) is 0 Å². The van der Waals surface area contributed by atoms with E-state index in [1.165, 1.54) is 0 Å². The van der Waals surface area contributed by atoms with Crippen molar-refractivity contribution < 1.29 is 4.79 Å². The van der Waals surface area contributed by atoms with Crippen molar-refractivity contribution in [1.29, 1.82) is 0 Å². The highest BCUT2D eigenvalue weighted by atomic mass is 16.2. The van der Waals surface area contributed by atoms with Crippen molar-refractivity contribution in [2.24, 2.45) is 5.41 Å². The Morgan fingerprint density at radius 3 is 1.76 bits per heavy atom. The Hall–Kier alpha value is -0.570. The highest BCUT2D eigenvalue weighted by Gasteiger charge is 2.29. The Kier molecular flexibility index (Phi) is 4.23. The van der Waals surface area contributed by atoms with Gasteiger partial charge >= 0.3 is 0 Å². The van der Waals surface area contributed by atoms with Crippen LogP contribution in [-0.2, 0) is 4.79 Å². The minimum absolute atomic E-state index is 0.0955. The van der Waals surface area contributed by atoms with E-state index in [2.05, 4.69) is 46.4 Å². The number of nitrogens with zero attached hydrogens (tertiary/aromatic N) is 2. The van der Waals surface area contributed by atoms with E-state index in [9.17, 15) is 4.79 Å². The molecule has 0 radical (unpaired) electrons. The van der Waals surface area contributed by atoms with Crippen LogP contribution in [0.5, 0.6) is 0 Å². The molecule has 0 spiro atoms. The summed E-state index contributed by atoms with van der Waals surface area (Å²) in [6, 6.07) is 0. The third-order valence-electron chi connectivity index (χ3n) is 3.26. The second kappa shape index (κ2) is 4.97. The van der Waals surface area contributed by atoms with E-state index >= 15 is 0 Å². The van der Waals surface area contributed by atoms with Crippen LogP contribution < -0.4 is 0 Å². The summed E-state index contributed by atoms with van der Waals surface area (Å²) in [5.74, 6) is 0.311. The minimum Gasteiger partial charge on any atom is -0.340 e. The molecule has 1 saturated heterocycles. The average molecular weight is 240 g/mol. The molecule has 1 rings (SSSR count). The Balaban J connectivity index is 2.45. The third-order valence-corrected chi connectivity index (χ3v) is 3.26. The summed E-state index contributed by atoms with van der Waals surface area (Å²) in [6.07, 6.45) is 0.655. The van der Waals surface area contributed by atoms with Crippen LogP contribution in [0, 0.1) is 5.41 Å². The van der Waals surface area contributed by atoms with Crippen LogP contribution in [0.3, 0.4) is 0 Å². The van der Waals surface area contributed by atoms with E-state index < -0.39 is 0 Å². The van der Waals surface area contributed by atoms with Gasteiger partial charge in [0.1, 0.15) is 0 Å². The zero-order chi connectivity index (χ0) is 13.3. The molecule has 1 aliphatic rings. The molecule has 0 bridgehead atoms. The molecular weight excluding hydrogens is 212 g/mol. The fraction of sp³-hybridized carbons (Fsp3) is 0.929. The van der Waals surface area contributed by atoms with Gasteiger partial charge in [-0.2, -0.15) is 0 Å². The van der Waals surface area contributed by atoms with Crippen LogP contribution in [0.4, 0.5) is 0 Å². The maximum absolute atomic E-state index is 12.1. The van der Waals surface area contributed by atoms with Crippen molar-refractivity contribution in [3.63, 3.8) is 0 Å². The molecule has 1 amide bonds. The molecule has 0 aromatic carbocycles. The van der Waals surface area contributed by atoms with Crippen LogP contribution in [-0.4, -0.2) is 47.4 Å². The quantitative estimate of drug-likeness (QED) is 0.702. The Morgan fingerprint density at radius 1 is 0.941 bits per heavy atom. The van der Waals surface area contributed by atoms with Gasteiger partial charge in [0.25, 0.3) is 0 Å². The predicted molar refractivity (Wildman–Crippen MR) is 72.0 cm³/mol. The van der Waals surface area contributed by atoms with Gasteiger partial charge in [0.2, 0.25) is 5.91 Å². The molecule has 1 aliphatic heterocycles. The number of piperazine rings is 1. The molecule has 0 N–H and O–H groups in total. The summed E-state index contributed by atoms with van der Waals surface area (Å²) in [6.45, 7) is 16.8. The van der Waals surface area contributed by atoms with Crippen molar-refractivity contribution >= 4 is 5.91 Å². The number of hydrogen-bond acceptors (Lipinski definition) is 2. The fourth-order valence-corrected chi connectivity index (χ4v) is 2.19. The van der Waals surface area contributed by atoms with Crippen LogP contribution in [0.25, 0.3) is 0 Å². The summed E-state index contributed by atoms with van der Waals surface area (Å²) in [5, 5.41) is 0. The summed E-state index contributed by atoms with van der Waals surface area (Å²) >= 11 is 0. The number of carbonyl (C=O) groups is 1. The Labute approximate surface area is 106 Å². The number of hydrogen-bond donors (Lipinski definition) is 0. The van der Waals surface area contributed by atoms with Gasteiger partial charge in [-0.15, -0.1) is 0 Å². The van der Waals surface area contributed by atoms with E-state index in [4.69, 9.17) is 0 Å². The molecule has 1 fully saturated rings. The first-order chi connectivity index (χ1) is 7.59. The van der Waals surface area contributed by atoms with Gasteiger partial charge in [-0.1, -0.05) is 20.8 Å². The maximum atomic E-state index is 12.1. The SMILES string of the molecule is CC(C)(C)CC(=O)N1CCN(C(C)(C)C)CC1. The van der Waals surface area contributed by atoms with Gasteiger partial charge in [-0.3, -0.25) is 9.69 Å². The van der Waals surface area contributed by atoms with Crippen molar-refractivity contribution in [2.45, 2.75) is 53.5 Å². The van der Waals surface area contributed by atoms with Gasteiger partial charge in [0, 0.05) is 38.1 Å². The normalized spacial score (nSPS) is 19.5. The fourth-order valence-electron chi connectivity index (χ4n) is 2.19. The molecule has 0 atom stereocenters. The van der Waals surface area contributed by atoms with Gasteiger partial charge in [-0.05, 0) is 26.2 Å². The standard InChI is InChI=1S/C14H28N2O/c1-13(2,3)11-12(17)15-7-9-16(10-8-15)14(4,5)6/h7-11H2,1-6H3. The van der Waals surface area contributed by atoms with Crippen molar-refractivity contribution in [3.8, 4) is 0 Å². The summed E-state index contributed by atoms with van der Waals surface area (Å²) in [4.78, 5) is 16.6. The first-order valence-electron chi connectivity index (χ1n) is 6.62. The van der Waals surface area contributed by atoms with E-state index in [0.29, 0.717) is 12.3 Å². The molecule has 17 heavy (non-hydrogen) atoms. The maximum Gasteiger partial charge on any atom is 0.223 e. The highest BCUT2D eigenvalue weighted by Crippen LogP contribution is 2.21. The lowest BCUT2D eigenvalue weighted by Gasteiger charge is -2.42. The minimum atomic E-state index is 0.0955. The molecule has 0 aromatic rings. The lowest BCUT2D eigenvalue weighted by Crippen LogP contribution is -2.54. The lowest BCUT2D eigenvalue weighted by molar-refractivity contribution is -0.135.